The minimum absolute atomic E-state index is 0.0771. The standard InChI is InChI=1S/C7H13NO3/c8-5-1-2-11-6(3-5)4-7(9)10/h5-6H,1-4,8H2,(H,9,10). The molecule has 0 aromatic rings. The quantitative estimate of drug-likeness (QED) is 0.593. The largest absolute Gasteiger partial charge is 0.481 e. The summed E-state index contributed by atoms with van der Waals surface area (Å²) in [6, 6.07) is 0.119. The van der Waals surface area contributed by atoms with Gasteiger partial charge in [0.1, 0.15) is 0 Å². The van der Waals surface area contributed by atoms with Gasteiger partial charge >= 0.3 is 5.97 Å². The van der Waals surface area contributed by atoms with Crippen molar-refractivity contribution in [2.45, 2.75) is 31.4 Å². The molecular weight excluding hydrogens is 146 g/mol. The summed E-state index contributed by atoms with van der Waals surface area (Å²) in [4.78, 5) is 10.3. The highest BCUT2D eigenvalue weighted by atomic mass is 16.5. The van der Waals surface area contributed by atoms with Crippen molar-refractivity contribution in [2.75, 3.05) is 6.61 Å². The van der Waals surface area contributed by atoms with Crippen LogP contribution >= 0.6 is 0 Å². The Kier molecular flexibility index (Phi) is 2.84. The van der Waals surface area contributed by atoms with Gasteiger partial charge in [-0.05, 0) is 12.8 Å². The molecule has 11 heavy (non-hydrogen) atoms. The lowest BCUT2D eigenvalue weighted by molar-refractivity contribution is -0.141. The van der Waals surface area contributed by atoms with E-state index < -0.39 is 5.97 Å². The second-order valence-electron chi connectivity index (χ2n) is 2.88. The molecule has 1 aliphatic heterocycles. The second-order valence-corrected chi connectivity index (χ2v) is 2.88. The molecule has 2 atom stereocenters. The monoisotopic (exact) mass is 159 g/mol. The van der Waals surface area contributed by atoms with Crippen molar-refractivity contribution in [1.29, 1.82) is 0 Å². The molecule has 0 amide bonds. The van der Waals surface area contributed by atoms with Gasteiger partial charge < -0.3 is 15.6 Å². The van der Waals surface area contributed by atoms with E-state index in [-0.39, 0.29) is 18.6 Å². The Bertz CT molecular complexity index is 149. The van der Waals surface area contributed by atoms with Gasteiger partial charge in [0, 0.05) is 12.6 Å². The number of nitrogens with two attached hydrogens (primary N) is 1. The molecule has 3 N–H and O–H groups in total. The third-order valence-corrected chi connectivity index (χ3v) is 1.81. The van der Waals surface area contributed by atoms with Crippen molar-refractivity contribution in [3.8, 4) is 0 Å². The Hall–Kier alpha value is -0.610. The number of carboxylic acids is 1. The molecule has 0 bridgehead atoms. The predicted octanol–water partition coefficient (Wildman–Crippen LogP) is -0.0326. The Morgan fingerprint density at radius 1 is 1.73 bits per heavy atom. The summed E-state index contributed by atoms with van der Waals surface area (Å²) in [5, 5.41) is 8.43. The average Bonchev–Trinajstić information content (AvgIpc) is 1.85. The highest BCUT2D eigenvalue weighted by molar-refractivity contribution is 5.67. The summed E-state index contributed by atoms with van der Waals surface area (Å²) in [5.41, 5.74) is 5.63. The molecule has 4 nitrogen and oxygen atoms in total. The lowest BCUT2D eigenvalue weighted by Crippen LogP contribution is -2.35. The molecule has 1 heterocycles. The van der Waals surface area contributed by atoms with Gasteiger partial charge in [0.2, 0.25) is 0 Å². The maximum absolute atomic E-state index is 10.3. The first kappa shape index (κ1) is 8.49. The summed E-state index contributed by atoms with van der Waals surface area (Å²) in [6.07, 6.45) is 1.42. The normalized spacial score (nSPS) is 31.7. The van der Waals surface area contributed by atoms with Gasteiger partial charge in [-0.2, -0.15) is 0 Å². The van der Waals surface area contributed by atoms with E-state index in [1.54, 1.807) is 0 Å². The zero-order valence-corrected chi connectivity index (χ0v) is 6.32. The Morgan fingerprint density at radius 3 is 3.00 bits per heavy atom. The second kappa shape index (κ2) is 3.69. The zero-order chi connectivity index (χ0) is 8.27. The Balaban J connectivity index is 2.28. The van der Waals surface area contributed by atoms with Crippen molar-refractivity contribution in [2.24, 2.45) is 5.73 Å². The van der Waals surface area contributed by atoms with Crippen molar-refractivity contribution in [3.63, 3.8) is 0 Å². The number of hydrogen-bond donors (Lipinski definition) is 2. The van der Waals surface area contributed by atoms with Crippen molar-refractivity contribution in [1.82, 2.24) is 0 Å². The van der Waals surface area contributed by atoms with E-state index >= 15 is 0 Å². The summed E-state index contributed by atoms with van der Waals surface area (Å²) >= 11 is 0. The number of carbonyl (C=O) groups is 1. The first-order valence-electron chi connectivity index (χ1n) is 3.77. The molecule has 1 fully saturated rings. The maximum atomic E-state index is 10.3. The lowest BCUT2D eigenvalue weighted by atomic mass is 10.0. The number of hydrogen-bond acceptors (Lipinski definition) is 3. The van der Waals surface area contributed by atoms with Crippen molar-refractivity contribution >= 4 is 5.97 Å². The van der Waals surface area contributed by atoms with Crippen LogP contribution in [0.3, 0.4) is 0 Å². The molecule has 1 rings (SSSR count). The lowest BCUT2D eigenvalue weighted by Gasteiger charge is -2.25. The molecule has 1 saturated heterocycles. The number of rotatable bonds is 2. The minimum atomic E-state index is -0.816. The maximum Gasteiger partial charge on any atom is 0.305 e. The van der Waals surface area contributed by atoms with Crippen LogP contribution in [0.15, 0.2) is 0 Å². The topological polar surface area (TPSA) is 72.5 Å². The first-order valence-corrected chi connectivity index (χ1v) is 3.77. The van der Waals surface area contributed by atoms with Crippen LogP contribution in [0.4, 0.5) is 0 Å². The highest BCUT2D eigenvalue weighted by Gasteiger charge is 2.21. The van der Waals surface area contributed by atoms with Crippen molar-refractivity contribution in [3.05, 3.63) is 0 Å². The Labute approximate surface area is 65.3 Å². The smallest absolute Gasteiger partial charge is 0.305 e. The van der Waals surface area contributed by atoms with Crippen LogP contribution in [-0.2, 0) is 9.53 Å². The van der Waals surface area contributed by atoms with Gasteiger partial charge in [-0.25, -0.2) is 0 Å². The van der Waals surface area contributed by atoms with Gasteiger partial charge in [0.05, 0.1) is 12.5 Å². The molecule has 0 aliphatic carbocycles. The fraction of sp³-hybridized carbons (Fsp3) is 0.857. The van der Waals surface area contributed by atoms with E-state index in [2.05, 4.69) is 0 Å². The van der Waals surface area contributed by atoms with E-state index in [9.17, 15) is 4.79 Å². The van der Waals surface area contributed by atoms with E-state index in [0.717, 1.165) is 6.42 Å². The van der Waals surface area contributed by atoms with Crippen LogP contribution in [0, 0.1) is 0 Å². The van der Waals surface area contributed by atoms with E-state index in [1.165, 1.54) is 0 Å². The molecule has 0 saturated carbocycles. The number of carboxylic acid groups (broad SMARTS) is 1. The summed E-state index contributed by atoms with van der Waals surface area (Å²) in [6.45, 7) is 0.596. The first-order chi connectivity index (χ1) is 5.18. The van der Waals surface area contributed by atoms with Crippen molar-refractivity contribution < 1.29 is 14.6 Å². The summed E-state index contributed by atoms with van der Waals surface area (Å²) < 4.78 is 5.20. The Morgan fingerprint density at radius 2 is 2.45 bits per heavy atom. The molecule has 64 valence electrons. The minimum Gasteiger partial charge on any atom is -0.481 e. The van der Waals surface area contributed by atoms with E-state index in [0.29, 0.717) is 13.0 Å². The molecule has 2 unspecified atom stereocenters. The molecule has 0 aromatic heterocycles. The van der Waals surface area contributed by atoms with Gasteiger partial charge in [-0.3, -0.25) is 4.79 Å². The summed E-state index contributed by atoms with van der Waals surface area (Å²) in [5.74, 6) is -0.816. The molecule has 4 heteroatoms. The van der Waals surface area contributed by atoms with Gasteiger partial charge in [-0.15, -0.1) is 0 Å². The molecular formula is C7H13NO3. The highest BCUT2D eigenvalue weighted by Crippen LogP contribution is 2.14. The number of aliphatic carboxylic acids is 1. The van der Waals surface area contributed by atoms with Crippen LogP contribution in [-0.4, -0.2) is 29.8 Å². The van der Waals surface area contributed by atoms with E-state index in [4.69, 9.17) is 15.6 Å². The zero-order valence-electron chi connectivity index (χ0n) is 6.32. The van der Waals surface area contributed by atoms with Crippen LogP contribution in [0.2, 0.25) is 0 Å². The molecule has 0 spiro atoms. The van der Waals surface area contributed by atoms with E-state index in [1.807, 2.05) is 0 Å². The van der Waals surface area contributed by atoms with Gasteiger partial charge in [0.25, 0.3) is 0 Å². The molecule has 0 radical (unpaired) electrons. The van der Waals surface area contributed by atoms with Gasteiger partial charge in [-0.1, -0.05) is 0 Å². The molecule has 0 aromatic carbocycles. The fourth-order valence-electron chi connectivity index (χ4n) is 1.25. The van der Waals surface area contributed by atoms with Crippen LogP contribution in [0.1, 0.15) is 19.3 Å². The fourth-order valence-corrected chi connectivity index (χ4v) is 1.25. The SMILES string of the molecule is NC1CCOC(CC(=O)O)C1. The van der Waals surface area contributed by atoms with Crippen LogP contribution in [0.25, 0.3) is 0 Å². The van der Waals surface area contributed by atoms with Gasteiger partial charge in [0.15, 0.2) is 0 Å². The number of ether oxygens (including phenoxy) is 1. The van der Waals surface area contributed by atoms with Crippen LogP contribution in [0.5, 0.6) is 0 Å². The summed E-state index contributed by atoms with van der Waals surface area (Å²) in [7, 11) is 0. The third-order valence-electron chi connectivity index (χ3n) is 1.81. The predicted molar refractivity (Wildman–Crippen MR) is 39.2 cm³/mol. The van der Waals surface area contributed by atoms with Crippen LogP contribution < -0.4 is 5.73 Å². The molecule has 1 aliphatic rings. The third kappa shape index (κ3) is 2.86. The average molecular weight is 159 g/mol.